The van der Waals surface area contributed by atoms with Crippen LogP contribution < -0.4 is 4.74 Å². The molecule has 0 amide bonds. The first-order chi connectivity index (χ1) is 7.00. The Bertz CT molecular complexity index is 397. The summed E-state index contributed by atoms with van der Waals surface area (Å²) in [6.07, 6.45) is 0. The molecule has 1 aromatic rings. The highest BCUT2D eigenvalue weighted by molar-refractivity contribution is 5.89. The van der Waals surface area contributed by atoms with Crippen molar-refractivity contribution in [3.8, 4) is 5.75 Å². The Labute approximate surface area is 85.9 Å². The van der Waals surface area contributed by atoms with Gasteiger partial charge in [-0.05, 0) is 30.7 Å². The molecule has 0 heterocycles. The van der Waals surface area contributed by atoms with Crippen molar-refractivity contribution in [3.05, 3.63) is 29.3 Å². The van der Waals surface area contributed by atoms with Gasteiger partial charge in [0.15, 0.2) is 6.61 Å². The van der Waals surface area contributed by atoms with Crippen LogP contribution in [0.5, 0.6) is 5.75 Å². The molecule has 0 aliphatic rings. The Morgan fingerprint density at radius 2 is 2.00 bits per heavy atom. The predicted molar refractivity (Wildman–Crippen MR) is 51.3 cm³/mol. The van der Waals surface area contributed by atoms with Crippen LogP contribution in [0.4, 0.5) is 0 Å². The van der Waals surface area contributed by atoms with Crippen molar-refractivity contribution in [2.24, 2.45) is 0 Å². The van der Waals surface area contributed by atoms with E-state index in [4.69, 9.17) is 14.9 Å². The standard InChI is InChI=1S/C10H10O5/c1-6-4-7(15-5-9(11)12)2-3-8(6)10(13)14/h2-4H,5H2,1H3,(H,11,12)(H,13,14). The van der Waals surface area contributed by atoms with Crippen molar-refractivity contribution < 1.29 is 24.5 Å². The van der Waals surface area contributed by atoms with Crippen LogP contribution in [0.15, 0.2) is 18.2 Å². The quantitative estimate of drug-likeness (QED) is 0.778. The second-order valence-electron chi connectivity index (χ2n) is 2.96. The number of aliphatic carboxylic acids is 1. The third kappa shape index (κ3) is 2.98. The number of ether oxygens (including phenoxy) is 1. The number of benzene rings is 1. The normalized spacial score (nSPS) is 9.67. The maximum absolute atomic E-state index is 10.7. The van der Waals surface area contributed by atoms with Crippen LogP contribution in [0.1, 0.15) is 15.9 Å². The van der Waals surface area contributed by atoms with E-state index in [1.807, 2.05) is 0 Å². The summed E-state index contributed by atoms with van der Waals surface area (Å²) in [6.45, 7) is 1.18. The molecule has 0 spiro atoms. The van der Waals surface area contributed by atoms with Gasteiger partial charge in [-0.1, -0.05) is 0 Å². The molecule has 80 valence electrons. The van der Waals surface area contributed by atoms with Crippen LogP contribution in [0.2, 0.25) is 0 Å². The zero-order valence-electron chi connectivity index (χ0n) is 8.06. The Morgan fingerprint density at radius 3 is 2.47 bits per heavy atom. The minimum Gasteiger partial charge on any atom is -0.482 e. The molecule has 0 saturated heterocycles. The minimum atomic E-state index is -1.07. The zero-order valence-corrected chi connectivity index (χ0v) is 8.06. The van der Waals surface area contributed by atoms with Gasteiger partial charge in [-0.3, -0.25) is 0 Å². The minimum absolute atomic E-state index is 0.178. The third-order valence-electron chi connectivity index (χ3n) is 1.79. The highest BCUT2D eigenvalue weighted by Gasteiger charge is 2.08. The zero-order chi connectivity index (χ0) is 11.4. The SMILES string of the molecule is Cc1cc(OCC(=O)O)ccc1C(=O)O. The molecule has 5 heteroatoms. The van der Waals surface area contributed by atoms with Gasteiger partial charge in [-0.2, -0.15) is 0 Å². The van der Waals surface area contributed by atoms with E-state index in [9.17, 15) is 9.59 Å². The summed E-state index contributed by atoms with van der Waals surface area (Å²) in [4.78, 5) is 20.9. The van der Waals surface area contributed by atoms with Crippen molar-refractivity contribution >= 4 is 11.9 Å². The van der Waals surface area contributed by atoms with E-state index in [0.717, 1.165) is 0 Å². The van der Waals surface area contributed by atoms with Crippen LogP contribution in [0.25, 0.3) is 0 Å². The first kappa shape index (κ1) is 11.0. The molecular formula is C10H10O5. The molecule has 15 heavy (non-hydrogen) atoms. The second-order valence-corrected chi connectivity index (χ2v) is 2.96. The van der Waals surface area contributed by atoms with E-state index in [-0.39, 0.29) is 5.56 Å². The molecule has 5 nitrogen and oxygen atoms in total. The third-order valence-corrected chi connectivity index (χ3v) is 1.79. The van der Waals surface area contributed by atoms with Gasteiger partial charge in [0.1, 0.15) is 5.75 Å². The maximum Gasteiger partial charge on any atom is 0.341 e. The van der Waals surface area contributed by atoms with Gasteiger partial charge in [-0.25, -0.2) is 9.59 Å². The highest BCUT2D eigenvalue weighted by atomic mass is 16.5. The molecule has 0 bridgehead atoms. The summed E-state index contributed by atoms with van der Waals surface area (Å²) in [6, 6.07) is 4.31. The number of rotatable bonds is 4. The van der Waals surface area contributed by atoms with Crippen molar-refractivity contribution in [1.82, 2.24) is 0 Å². The number of hydrogen-bond donors (Lipinski definition) is 2. The summed E-state index contributed by atoms with van der Waals surface area (Å²) in [5.74, 6) is -1.74. The lowest BCUT2D eigenvalue weighted by molar-refractivity contribution is -0.139. The van der Waals surface area contributed by atoms with Gasteiger partial charge in [0, 0.05) is 0 Å². The Balaban J connectivity index is 2.82. The Hall–Kier alpha value is -2.04. The fourth-order valence-electron chi connectivity index (χ4n) is 1.11. The molecule has 1 aromatic carbocycles. The average Bonchev–Trinajstić information content (AvgIpc) is 2.14. The molecule has 1 rings (SSSR count). The summed E-state index contributed by atoms with van der Waals surface area (Å²) in [5, 5.41) is 17.1. The molecule has 0 atom stereocenters. The van der Waals surface area contributed by atoms with Gasteiger partial charge in [0.05, 0.1) is 5.56 Å². The largest absolute Gasteiger partial charge is 0.482 e. The van der Waals surface area contributed by atoms with E-state index in [0.29, 0.717) is 11.3 Å². The Kier molecular flexibility index (Phi) is 3.28. The summed E-state index contributed by atoms with van der Waals surface area (Å²) in [5.41, 5.74) is 0.711. The summed E-state index contributed by atoms with van der Waals surface area (Å²) >= 11 is 0. The number of hydrogen-bond acceptors (Lipinski definition) is 3. The predicted octanol–water partition coefficient (Wildman–Crippen LogP) is 1.16. The highest BCUT2D eigenvalue weighted by Crippen LogP contribution is 2.17. The summed E-state index contributed by atoms with van der Waals surface area (Å²) in [7, 11) is 0. The van der Waals surface area contributed by atoms with Gasteiger partial charge in [0.2, 0.25) is 0 Å². The Morgan fingerprint density at radius 1 is 1.33 bits per heavy atom. The first-order valence-corrected chi connectivity index (χ1v) is 4.19. The number of carbonyl (C=O) groups is 2. The topological polar surface area (TPSA) is 83.8 Å². The van der Waals surface area contributed by atoms with Gasteiger partial charge in [-0.15, -0.1) is 0 Å². The van der Waals surface area contributed by atoms with Gasteiger partial charge < -0.3 is 14.9 Å². The van der Waals surface area contributed by atoms with Crippen LogP contribution in [0, 0.1) is 6.92 Å². The average molecular weight is 210 g/mol. The van der Waals surface area contributed by atoms with Gasteiger partial charge in [0.25, 0.3) is 0 Å². The number of aryl methyl sites for hydroxylation is 1. The number of aromatic carboxylic acids is 1. The molecule has 2 N–H and O–H groups in total. The van der Waals surface area contributed by atoms with E-state index >= 15 is 0 Å². The van der Waals surface area contributed by atoms with Crippen LogP contribution in [-0.4, -0.2) is 28.8 Å². The lowest BCUT2D eigenvalue weighted by Crippen LogP contribution is -2.09. The first-order valence-electron chi connectivity index (χ1n) is 4.19. The lowest BCUT2D eigenvalue weighted by Gasteiger charge is -2.05. The maximum atomic E-state index is 10.7. The molecule has 0 aliphatic heterocycles. The van der Waals surface area contributed by atoms with Crippen molar-refractivity contribution in [3.63, 3.8) is 0 Å². The van der Waals surface area contributed by atoms with Crippen LogP contribution in [-0.2, 0) is 4.79 Å². The van der Waals surface area contributed by atoms with Gasteiger partial charge >= 0.3 is 11.9 Å². The lowest BCUT2D eigenvalue weighted by atomic mass is 10.1. The molecule has 0 fully saturated rings. The van der Waals surface area contributed by atoms with Crippen molar-refractivity contribution in [2.45, 2.75) is 6.92 Å². The van der Waals surface area contributed by atoms with E-state index in [1.54, 1.807) is 6.92 Å². The number of carboxylic acid groups (broad SMARTS) is 2. The molecule has 0 aromatic heterocycles. The van der Waals surface area contributed by atoms with E-state index in [2.05, 4.69) is 0 Å². The fourth-order valence-corrected chi connectivity index (χ4v) is 1.11. The molecule has 0 radical (unpaired) electrons. The molecule has 0 saturated carbocycles. The molecule has 0 unspecified atom stereocenters. The van der Waals surface area contributed by atoms with Crippen LogP contribution >= 0.6 is 0 Å². The van der Waals surface area contributed by atoms with Crippen LogP contribution in [0.3, 0.4) is 0 Å². The summed E-state index contributed by atoms with van der Waals surface area (Å²) < 4.78 is 4.89. The number of carboxylic acids is 2. The molecular weight excluding hydrogens is 200 g/mol. The fraction of sp³-hybridized carbons (Fsp3) is 0.200. The smallest absolute Gasteiger partial charge is 0.341 e. The van der Waals surface area contributed by atoms with E-state index < -0.39 is 18.5 Å². The second kappa shape index (κ2) is 4.45. The van der Waals surface area contributed by atoms with E-state index in [1.165, 1.54) is 18.2 Å². The molecule has 0 aliphatic carbocycles. The van der Waals surface area contributed by atoms with Crippen molar-refractivity contribution in [2.75, 3.05) is 6.61 Å². The monoisotopic (exact) mass is 210 g/mol. The van der Waals surface area contributed by atoms with Crippen molar-refractivity contribution in [1.29, 1.82) is 0 Å².